The fraction of sp³-hybridized carbons (Fsp3) is 0.571. The summed E-state index contributed by atoms with van der Waals surface area (Å²) in [6.07, 6.45) is 5.72. The molecule has 0 aromatic heterocycles. The van der Waals surface area contributed by atoms with Crippen molar-refractivity contribution in [2.24, 2.45) is 5.73 Å². The standard InChI is InChI=1S/C14H19BrFNO/c1-18-13-10(5-6-11(16)12(13)15)14(9-17)7-3-2-4-8-14/h5-6H,2-4,7-9,17H2,1H3. The number of ether oxygens (including phenoxy) is 1. The summed E-state index contributed by atoms with van der Waals surface area (Å²) in [6, 6.07) is 3.32. The zero-order valence-electron chi connectivity index (χ0n) is 10.6. The molecular formula is C14H19BrFNO. The molecule has 0 atom stereocenters. The van der Waals surface area contributed by atoms with Crippen LogP contribution in [0.25, 0.3) is 0 Å². The Balaban J connectivity index is 2.51. The molecule has 2 N–H and O–H groups in total. The van der Waals surface area contributed by atoms with E-state index in [0.29, 0.717) is 16.8 Å². The molecule has 0 radical (unpaired) electrons. The molecule has 0 spiro atoms. The average molecular weight is 316 g/mol. The van der Waals surface area contributed by atoms with Gasteiger partial charge in [-0.25, -0.2) is 4.39 Å². The molecule has 2 nitrogen and oxygen atoms in total. The third-order valence-corrected chi connectivity index (χ3v) is 4.77. The van der Waals surface area contributed by atoms with Gasteiger partial charge in [0.25, 0.3) is 0 Å². The van der Waals surface area contributed by atoms with Crippen LogP contribution in [0.4, 0.5) is 4.39 Å². The van der Waals surface area contributed by atoms with Crippen LogP contribution in [0.2, 0.25) is 0 Å². The lowest BCUT2D eigenvalue weighted by molar-refractivity contribution is 0.286. The second-order valence-corrected chi connectivity index (χ2v) is 5.78. The monoisotopic (exact) mass is 315 g/mol. The third-order valence-electron chi connectivity index (χ3n) is 4.03. The van der Waals surface area contributed by atoms with Gasteiger partial charge in [0.1, 0.15) is 11.6 Å². The van der Waals surface area contributed by atoms with E-state index in [-0.39, 0.29) is 11.2 Å². The maximum absolute atomic E-state index is 13.6. The largest absolute Gasteiger partial charge is 0.495 e. The van der Waals surface area contributed by atoms with Gasteiger partial charge in [-0.2, -0.15) is 0 Å². The SMILES string of the molecule is COc1c(C2(CN)CCCCC2)ccc(F)c1Br. The van der Waals surface area contributed by atoms with E-state index >= 15 is 0 Å². The first kappa shape index (κ1) is 13.8. The minimum absolute atomic E-state index is 0.0557. The van der Waals surface area contributed by atoms with Crippen molar-refractivity contribution in [3.8, 4) is 5.75 Å². The Bertz CT molecular complexity index is 430. The summed E-state index contributed by atoms with van der Waals surface area (Å²) >= 11 is 3.27. The van der Waals surface area contributed by atoms with E-state index in [1.165, 1.54) is 25.3 Å². The van der Waals surface area contributed by atoms with Crippen LogP contribution in [0.1, 0.15) is 37.7 Å². The predicted molar refractivity (Wildman–Crippen MR) is 74.5 cm³/mol. The van der Waals surface area contributed by atoms with Gasteiger partial charge in [0.2, 0.25) is 0 Å². The molecule has 1 aliphatic carbocycles. The minimum atomic E-state index is -0.293. The Hall–Kier alpha value is -0.610. The van der Waals surface area contributed by atoms with Gasteiger partial charge in [0.15, 0.2) is 0 Å². The first-order chi connectivity index (χ1) is 8.64. The van der Waals surface area contributed by atoms with Gasteiger partial charge in [-0.05, 0) is 34.8 Å². The smallest absolute Gasteiger partial charge is 0.141 e. The molecule has 2 rings (SSSR count). The summed E-state index contributed by atoms with van der Waals surface area (Å²) in [5, 5.41) is 0. The van der Waals surface area contributed by atoms with E-state index in [1.807, 2.05) is 6.07 Å². The van der Waals surface area contributed by atoms with Crippen molar-refractivity contribution < 1.29 is 9.13 Å². The van der Waals surface area contributed by atoms with Gasteiger partial charge in [0, 0.05) is 17.5 Å². The molecule has 0 amide bonds. The topological polar surface area (TPSA) is 35.2 Å². The molecule has 18 heavy (non-hydrogen) atoms. The number of benzene rings is 1. The molecule has 0 bridgehead atoms. The second-order valence-electron chi connectivity index (χ2n) is 4.99. The molecule has 4 heteroatoms. The lowest BCUT2D eigenvalue weighted by atomic mass is 9.69. The predicted octanol–water partition coefficient (Wildman–Crippen LogP) is 3.76. The molecular weight excluding hydrogens is 297 g/mol. The Morgan fingerprint density at radius 3 is 2.56 bits per heavy atom. The van der Waals surface area contributed by atoms with Crippen LogP contribution in [0, 0.1) is 5.82 Å². The molecule has 0 heterocycles. The van der Waals surface area contributed by atoms with Crippen LogP contribution in [-0.4, -0.2) is 13.7 Å². The Labute approximate surface area is 116 Å². The lowest BCUT2D eigenvalue weighted by Crippen LogP contribution is -2.37. The van der Waals surface area contributed by atoms with Crippen molar-refractivity contribution in [1.82, 2.24) is 0 Å². The molecule has 1 saturated carbocycles. The first-order valence-corrected chi connectivity index (χ1v) is 7.16. The fourth-order valence-corrected chi connectivity index (χ4v) is 3.47. The zero-order chi connectivity index (χ0) is 13.2. The Kier molecular flexibility index (Phi) is 4.28. The maximum Gasteiger partial charge on any atom is 0.141 e. The van der Waals surface area contributed by atoms with E-state index in [4.69, 9.17) is 10.5 Å². The fourth-order valence-electron chi connectivity index (χ4n) is 2.96. The first-order valence-electron chi connectivity index (χ1n) is 6.37. The summed E-state index contributed by atoms with van der Waals surface area (Å²) in [5.74, 6) is 0.306. The molecule has 1 fully saturated rings. The molecule has 1 aliphatic rings. The summed E-state index contributed by atoms with van der Waals surface area (Å²) in [6.45, 7) is 0.585. The number of methoxy groups -OCH3 is 1. The molecule has 1 aromatic rings. The normalized spacial score (nSPS) is 18.7. The number of rotatable bonds is 3. The second kappa shape index (κ2) is 5.57. The quantitative estimate of drug-likeness (QED) is 0.921. The molecule has 0 unspecified atom stereocenters. The van der Waals surface area contributed by atoms with Crippen LogP contribution in [0.15, 0.2) is 16.6 Å². The number of halogens is 2. The summed E-state index contributed by atoms with van der Waals surface area (Å²) in [7, 11) is 1.58. The van der Waals surface area contributed by atoms with Crippen molar-refractivity contribution in [3.05, 3.63) is 28.0 Å². The van der Waals surface area contributed by atoms with Gasteiger partial charge in [-0.1, -0.05) is 25.3 Å². The summed E-state index contributed by atoms with van der Waals surface area (Å²) in [4.78, 5) is 0. The van der Waals surface area contributed by atoms with Crippen molar-refractivity contribution in [2.45, 2.75) is 37.5 Å². The number of hydrogen-bond acceptors (Lipinski definition) is 2. The Morgan fingerprint density at radius 2 is 2.00 bits per heavy atom. The molecule has 0 aliphatic heterocycles. The van der Waals surface area contributed by atoms with Gasteiger partial charge in [0.05, 0.1) is 11.6 Å². The van der Waals surface area contributed by atoms with E-state index in [2.05, 4.69) is 15.9 Å². The van der Waals surface area contributed by atoms with Crippen LogP contribution >= 0.6 is 15.9 Å². The van der Waals surface area contributed by atoms with Gasteiger partial charge in [-0.3, -0.25) is 0 Å². The highest BCUT2D eigenvalue weighted by molar-refractivity contribution is 9.10. The van der Waals surface area contributed by atoms with Crippen molar-refractivity contribution >= 4 is 15.9 Å². The zero-order valence-corrected chi connectivity index (χ0v) is 12.2. The summed E-state index contributed by atoms with van der Waals surface area (Å²) in [5.41, 5.74) is 7.00. The van der Waals surface area contributed by atoms with E-state index in [1.54, 1.807) is 7.11 Å². The lowest BCUT2D eigenvalue weighted by Gasteiger charge is -2.37. The average Bonchev–Trinajstić information content (AvgIpc) is 2.42. The summed E-state index contributed by atoms with van der Waals surface area (Å²) < 4.78 is 19.4. The highest BCUT2D eigenvalue weighted by Crippen LogP contribution is 2.45. The maximum atomic E-state index is 13.6. The van der Waals surface area contributed by atoms with Crippen molar-refractivity contribution in [1.29, 1.82) is 0 Å². The molecule has 0 saturated heterocycles. The van der Waals surface area contributed by atoms with Crippen LogP contribution in [-0.2, 0) is 5.41 Å². The van der Waals surface area contributed by atoms with Gasteiger partial charge >= 0.3 is 0 Å². The molecule has 100 valence electrons. The highest BCUT2D eigenvalue weighted by Gasteiger charge is 2.36. The van der Waals surface area contributed by atoms with Crippen LogP contribution in [0.5, 0.6) is 5.75 Å². The molecule has 1 aromatic carbocycles. The van der Waals surface area contributed by atoms with Crippen molar-refractivity contribution in [2.75, 3.05) is 13.7 Å². The minimum Gasteiger partial charge on any atom is -0.495 e. The third kappa shape index (κ3) is 2.28. The van der Waals surface area contributed by atoms with Gasteiger partial charge in [-0.15, -0.1) is 0 Å². The van der Waals surface area contributed by atoms with Crippen LogP contribution < -0.4 is 10.5 Å². The van der Waals surface area contributed by atoms with E-state index < -0.39 is 0 Å². The van der Waals surface area contributed by atoms with E-state index in [0.717, 1.165) is 18.4 Å². The highest BCUT2D eigenvalue weighted by atomic mass is 79.9. The Morgan fingerprint density at radius 1 is 1.33 bits per heavy atom. The van der Waals surface area contributed by atoms with Crippen molar-refractivity contribution in [3.63, 3.8) is 0 Å². The number of nitrogens with two attached hydrogens (primary N) is 1. The number of hydrogen-bond donors (Lipinski definition) is 1. The van der Waals surface area contributed by atoms with Crippen LogP contribution in [0.3, 0.4) is 0 Å². The van der Waals surface area contributed by atoms with Gasteiger partial charge < -0.3 is 10.5 Å². The van der Waals surface area contributed by atoms with E-state index in [9.17, 15) is 4.39 Å².